The third-order valence-corrected chi connectivity index (χ3v) is 6.89. The highest BCUT2D eigenvalue weighted by atomic mass is 15.0. The standard InChI is InChI=1S/C33H27N/c1-3-4-13-30-22(2)34-33-31(28-17-15-24-10-6-8-12-26(24)19-28)20-29(21-32(30)33)27-16-14-23-9-5-7-11-25(23)18-27/h3-22,34H,1-2H3/b4-3-,30-13+. The third-order valence-electron chi connectivity index (χ3n) is 6.89. The largest absolute Gasteiger partial charge is 0.377 e. The summed E-state index contributed by atoms with van der Waals surface area (Å²) in [7, 11) is 0. The Bertz CT molecular complexity index is 1600. The maximum absolute atomic E-state index is 3.78. The molecule has 0 aromatic heterocycles. The molecule has 0 amide bonds. The SMILES string of the molecule is C/C=C\C=C1\c2cc(-c3ccc4ccccc4c3)cc(-c3ccc4ccccc4c3)c2NC1C. The van der Waals surface area contributed by atoms with Crippen molar-refractivity contribution in [1.82, 2.24) is 0 Å². The molecule has 1 aliphatic rings. The average Bonchev–Trinajstić information content (AvgIpc) is 3.21. The predicted molar refractivity (Wildman–Crippen MR) is 148 cm³/mol. The van der Waals surface area contributed by atoms with Crippen molar-refractivity contribution in [2.75, 3.05) is 5.32 Å². The molecular formula is C33H27N. The van der Waals surface area contributed by atoms with E-state index in [-0.39, 0.29) is 6.04 Å². The van der Waals surface area contributed by atoms with Crippen LogP contribution in [0.1, 0.15) is 19.4 Å². The molecule has 1 N–H and O–H groups in total. The zero-order valence-corrected chi connectivity index (χ0v) is 19.5. The fourth-order valence-corrected chi connectivity index (χ4v) is 5.11. The number of nitrogens with one attached hydrogen (secondary N) is 1. The van der Waals surface area contributed by atoms with Crippen LogP contribution in [-0.2, 0) is 0 Å². The molecule has 1 heterocycles. The Morgan fingerprint density at radius 3 is 1.88 bits per heavy atom. The van der Waals surface area contributed by atoms with E-state index in [1.54, 1.807) is 0 Å². The van der Waals surface area contributed by atoms with E-state index < -0.39 is 0 Å². The van der Waals surface area contributed by atoms with Crippen LogP contribution in [0.15, 0.2) is 115 Å². The van der Waals surface area contributed by atoms with Crippen molar-refractivity contribution in [3.63, 3.8) is 0 Å². The summed E-state index contributed by atoms with van der Waals surface area (Å²) in [4.78, 5) is 0. The minimum Gasteiger partial charge on any atom is -0.377 e. The first-order valence-electron chi connectivity index (χ1n) is 12.0. The Balaban J connectivity index is 1.60. The summed E-state index contributed by atoms with van der Waals surface area (Å²) < 4.78 is 0. The van der Waals surface area contributed by atoms with Gasteiger partial charge in [0, 0.05) is 17.2 Å². The first-order chi connectivity index (χ1) is 16.7. The molecule has 0 aliphatic carbocycles. The number of hydrogen-bond acceptors (Lipinski definition) is 1. The second kappa shape index (κ2) is 8.35. The van der Waals surface area contributed by atoms with E-state index >= 15 is 0 Å². The number of benzene rings is 5. The van der Waals surface area contributed by atoms with Gasteiger partial charge in [-0.1, -0.05) is 91.0 Å². The molecule has 0 fully saturated rings. The van der Waals surface area contributed by atoms with Gasteiger partial charge >= 0.3 is 0 Å². The molecule has 1 nitrogen and oxygen atoms in total. The van der Waals surface area contributed by atoms with Crippen LogP contribution >= 0.6 is 0 Å². The Labute approximate surface area is 201 Å². The molecule has 6 rings (SSSR count). The Hall–Kier alpha value is -4.10. The molecule has 1 atom stereocenters. The zero-order valence-electron chi connectivity index (χ0n) is 19.5. The van der Waals surface area contributed by atoms with Gasteiger partial charge in [-0.25, -0.2) is 0 Å². The van der Waals surface area contributed by atoms with Crippen molar-refractivity contribution in [1.29, 1.82) is 0 Å². The van der Waals surface area contributed by atoms with Crippen LogP contribution in [0.3, 0.4) is 0 Å². The molecule has 1 aliphatic heterocycles. The van der Waals surface area contributed by atoms with E-state index in [9.17, 15) is 0 Å². The molecule has 5 aromatic carbocycles. The first-order valence-corrected chi connectivity index (χ1v) is 12.0. The van der Waals surface area contributed by atoms with E-state index in [1.165, 1.54) is 60.6 Å². The summed E-state index contributed by atoms with van der Waals surface area (Å²) in [5.41, 5.74) is 8.83. The normalized spacial score (nSPS) is 16.4. The van der Waals surface area contributed by atoms with Gasteiger partial charge in [0.25, 0.3) is 0 Å². The number of allylic oxidation sites excluding steroid dienone is 3. The van der Waals surface area contributed by atoms with Crippen LogP contribution in [0.4, 0.5) is 5.69 Å². The Kier molecular flexibility index (Phi) is 5.04. The molecule has 0 bridgehead atoms. The van der Waals surface area contributed by atoms with Crippen molar-refractivity contribution in [2.45, 2.75) is 19.9 Å². The molecule has 34 heavy (non-hydrogen) atoms. The molecule has 0 saturated heterocycles. The number of anilines is 1. The van der Waals surface area contributed by atoms with Gasteiger partial charge < -0.3 is 5.32 Å². The van der Waals surface area contributed by atoms with E-state index in [4.69, 9.17) is 0 Å². The van der Waals surface area contributed by atoms with Crippen LogP contribution in [-0.4, -0.2) is 6.04 Å². The minimum atomic E-state index is 0.261. The highest BCUT2D eigenvalue weighted by molar-refractivity contribution is 6.00. The second-order valence-electron chi connectivity index (χ2n) is 9.08. The second-order valence-corrected chi connectivity index (χ2v) is 9.08. The van der Waals surface area contributed by atoms with Crippen molar-refractivity contribution in [3.05, 3.63) is 121 Å². The van der Waals surface area contributed by atoms with E-state index in [2.05, 4.69) is 134 Å². The first kappa shape index (κ1) is 20.5. The van der Waals surface area contributed by atoms with Crippen LogP contribution in [0.5, 0.6) is 0 Å². The molecule has 0 radical (unpaired) electrons. The lowest BCUT2D eigenvalue weighted by atomic mass is 9.91. The summed E-state index contributed by atoms with van der Waals surface area (Å²) in [5, 5.41) is 8.85. The van der Waals surface area contributed by atoms with Crippen molar-refractivity contribution < 1.29 is 0 Å². The molecule has 0 saturated carbocycles. The van der Waals surface area contributed by atoms with Crippen molar-refractivity contribution in [2.24, 2.45) is 0 Å². The van der Waals surface area contributed by atoms with Gasteiger partial charge in [0.05, 0.1) is 5.69 Å². The van der Waals surface area contributed by atoms with Crippen LogP contribution in [0.25, 0.3) is 49.4 Å². The minimum absolute atomic E-state index is 0.261. The molecule has 0 spiro atoms. The maximum Gasteiger partial charge on any atom is 0.0502 e. The highest BCUT2D eigenvalue weighted by Gasteiger charge is 2.26. The quantitative estimate of drug-likeness (QED) is 0.297. The Morgan fingerprint density at radius 2 is 1.21 bits per heavy atom. The van der Waals surface area contributed by atoms with Gasteiger partial charge in [0.15, 0.2) is 0 Å². The summed E-state index contributed by atoms with van der Waals surface area (Å²) in [6.45, 7) is 4.31. The molecule has 1 heteroatoms. The van der Waals surface area contributed by atoms with Crippen molar-refractivity contribution >= 4 is 32.8 Å². The lowest BCUT2D eigenvalue weighted by molar-refractivity contribution is 1.06. The number of rotatable bonds is 3. The van der Waals surface area contributed by atoms with Gasteiger partial charge in [-0.05, 0) is 81.9 Å². The smallest absolute Gasteiger partial charge is 0.0502 e. The van der Waals surface area contributed by atoms with E-state index in [1.807, 2.05) is 0 Å². The molecule has 164 valence electrons. The van der Waals surface area contributed by atoms with Gasteiger partial charge in [-0.3, -0.25) is 0 Å². The van der Waals surface area contributed by atoms with E-state index in [0.717, 1.165) is 0 Å². The fourth-order valence-electron chi connectivity index (χ4n) is 5.11. The summed E-state index contributed by atoms with van der Waals surface area (Å²) in [6, 6.07) is 35.7. The summed E-state index contributed by atoms with van der Waals surface area (Å²) in [6.07, 6.45) is 6.48. The average molecular weight is 438 g/mol. The van der Waals surface area contributed by atoms with Gasteiger partial charge in [0.1, 0.15) is 0 Å². The molecular weight excluding hydrogens is 410 g/mol. The van der Waals surface area contributed by atoms with Gasteiger partial charge in [-0.15, -0.1) is 0 Å². The lowest BCUT2D eigenvalue weighted by Gasteiger charge is -2.14. The Morgan fingerprint density at radius 1 is 0.618 bits per heavy atom. The monoisotopic (exact) mass is 437 g/mol. The fraction of sp³-hybridized carbons (Fsp3) is 0.0909. The topological polar surface area (TPSA) is 12.0 Å². The highest BCUT2D eigenvalue weighted by Crippen LogP contribution is 2.45. The third kappa shape index (κ3) is 3.50. The number of fused-ring (bicyclic) bond motifs is 3. The van der Waals surface area contributed by atoms with Crippen LogP contribution < -0.4 is 5.32 Å². The van der Waals surface area contributed by atoms with Crippen LogP contribution in [0.2, 0.25) is 0 Å². The van der Waals surface area contributed by atoms with E-state index in [0.29, 0.717) is 0 Å². The number of hydrogen-bond donors (Lipinski definition) is 1. The lowest BCUT2D eigenvalue weighted by Crippen LogP contribution is -2.08. The van der Waals surface area contributed by atoms with Crippen LogP contribution in [0, 0.1) is 0 Å². The summed E-state index contributed by atoms with van der Waals surface area (Å²) >= 11 is 0. The van der Waals surface area contributed by atoms with Gasteiger partial charge in [0.2, 0.25) is 0 Å². The zero-order chi connectivity index (χ0) is 23.1. The summed E-state index contributed by atoms with van der Waals surface area (Å²) in [5.74, 6) is 0. The predicted octanol–water partition coefficient (Wildman–Crippen LogP) is 9.10. The van der Waals surface area contributed by atoms with Gasteiger partial charge in [-0.2, -0.15) is 0 Å². The maximum atomic E-state index is 3.78. The molecule has 5 aromatic rings. The van der Waals surface area contributed by atoms with Crippen molar-refractivity contribution in [3.8, 4) is 22.3 Å². The molecule has 1 unspecified atom stereocenters.